The summed E-state index contributed by atoms with van der Waals surface area (Å²) >= 11 is 0. The third-order valence-electron chi connectivity index (χ3n) is 3.84. The minimum absolute atomic E-state index is 0.102. The van der Waals surface area contributed by atoms with E-state index in [1.54, 1.807) is 7.05 Å². The summed E-state index contributed by atoms with van der Waals surface area (Å²) < 4.78 is 23.5. The predicted octanol–water partition coefficient (Wildman–Crippen LogP) is 2.16. The molecule has 6 nitrogen and oxygen atoms in total. The fraction of sp³-hybridized carbons (Fsp3) is 0.692. The van der Waals surface area contributed by atoms with Gasteiger partial charge in [0, 0.05) is 24.3 Å². The molecular weight excluding hydrogens is 314 g/mol. The summed E-state index contributed by atoms with van der Waals surface area (Å²) in [6.07, 6.45) is 4.62. The van der Waals surface area contributed by atoms with Crippen LogP contribution in [0.1, 0.15) is 48.8 Å². The number of hydrogen-bond donors (Lipinski definition) is 1. The molecule has 1 aromatic rings. The van der Waals surface area contributed by atoms with Gasteiger partial charge in [0.2, 0.25) is 0 Å². The first-order valence-electron chi connectivity index (χ1n) is 7.12. The lowest BCUT2D eigenvalue weighted by Gasteiger charge is -2.29. The molecule has 1 fully saturated rings. The van der Waals surface area contributed by atoms with Crippen LogP contribution in [0.15, 0.2) is 4.90 Å². The summed E-state index contributed by atoms with van der Waals surface area (Å²) in [5.74, 6) is 0.101. The standard InChI is InChI=1S/C13H20ClN3O3S/c1-3-5-10-12(21(14,19)20)11(16-15-10)13(18)17(2)8-9-6-4-7-9/h9H,3-8H2,1-2H3,(H,15,16). The number of aryl methyl sites for hydroxylation is 1. The number of aromatic nitrogens is 2. The Bertz CT molecular complexity index is 623. The Labute approximate surface area is 129 Å². The quantitative estimate of drug-likeness (QED) is 0.809. The van der Waals surface area contributed by atoms with E-state index in [0.717, 1.165) is 19.3 Å². The molecule has 0 unspecified atom stereocenters. The van der Waals surface area contributed by atoms with Crippen LogP contribution in [0, 0.1) is 5.92 Å². The van der Waals surface area contributed by atoms with E-state index in [-0.39, 0.29) is 10.6 Å². The third kappa shape index (κ3) is 3.58. The van der Waals surface area contributed by atoms with Gasteiger partial charge in [0.15, 0.2) is 5.69 Å². The summed E-state index contributed by atoms with van der Waals surface area (Å²) in [6.45, 7) is 2.53. The van der Waals surface area contributed by atoms with Crippen LogP contribution < -0.4 is 0 Å². The average Bonchev–Trinajstić information content (AvgIpc) is 2.76. The molecule has 1 aliphatic rings. The Kier molecular flexibility index (Phi) is 4.93. The fourth-order valence-electron chi connectivity index (χ4n) is 2.52. The molecule has 0 atom stereocenters. The highest BCUT2D eigenvalue weighted by Crippen LogP contribution is 2.28. The molecule has 1 N–H and O–H groups in total. The van der Waals surface area contributed by atoms with E-state index >= 15 is 0 Å². The number of nitrogens with one attached hydrogen (secondary N) is 1. The molecule has 2 rings (SSSR count). The zero-order chi connectivity index (χ0) is 15.6. The fourth-order valence-corrected chi connectivity index (χ4v) is 3.83. The van der Waals surface area contributed by atoms with Crippen molar-refractivity contribution in [3.8, 4) is 0 Å². The van der Waals surface area contributed by atoms with Crippen molar-refractivity contribution in [3.05, 3.63) is 11.4 Å². The van der Waals surface area contributed by atoms with Crippen LogP contribution in [0.3, 0.4) is 0 Å². The third-order valence-corrected chi connectivity index (χ3v) is 5.23. The van der Waals surface area contributed by atoms with Crippen LogP contribution in [0.5, 0.6) is 0 Å². The second-order valence-corrected chi connectivity index (χ2v) is 8.05. The number of halogens is 1. The maximum absolute atomic E-state index is 12.4. The molecular formula is C13H20ClN3O3S. The average molecular weight is 334 g/mol. The van der Waals surface area contributed by atoms with Crippen molar-refractivity contribution in [2.24, 2.45) is 5.92 Å². The summed E-state index contributed by atoms with van der Waals surface area (Å²) in [5, 5.41) is 6.53. The highest BCUT2D eigenvalue weighted by atomic mass is 35.7. The zero-order valence-electron chi connectivity index (χ0n) is 12.2. The molecule has 1 aromatic heterocycles. The van der Waals surface area contributed by atoms with Gasteiger partial charge in [-0.25, -0.2) is 8.42 Å². The van der Waals surface area contributed by atoms with E-state index < -0.39 is 15.0 Å². The van der Waals surface area contributed by atoms with Gasteiger partial charge in [0.25, 0.3) is 15.0 Å². The van der Waals surface area contributed by atoms with Crippen LogP contribution in [-0.4, -0.2) is 43.0 Å². The number of amides is 1. The Balaban J connectivity index is 2.27. The molecule has 8 heteroatoms. The molecule has 0 aromatic carbocycles. The van der Waals surface area contributed by atoms with Crippen LogP contribution in [0.25, 0.3) is 0 Å². The molecule has 0 saturated heterocycles. The second kappa shape index (κ2) is 6.36. The molecule has 118 valence electrons. The lowest BCUT2D eigenvalue weighted by Crippen LogP contribution is -2.35. The Morgan fingerprint density at radius 3 is 2.62 bits per heavy atom. The minimum Gasteiger partial charge on any atom is -0.340 e. The normalized spacial score (nSPS) is 15.8. The molecule has 1 aliphatic carbocycles. The maximum atomic E-state index is 12.4. The summed E-state index contributed by atoms with van der Waals surface area (Å²) in [7, 11) is 3.14. The predicted molar refractivity (Wildman–Crippen MR) is 79.9 cm³/mol. The van der Waals surface area contributed by atoms with E-state index in [1.807, 2.05) is 6.92 Å². The minimum atomic E-state index is -4.01. The number of H-pyrrole nitrogens is 1. The first-order valence-corrected chi connectivity index (χ1v) is 9.42. The highest BCUT2D eigenvalue weighted by molar-refractivity contribution is 8.13. The van der Waals surface area contributed by atoms with Crippen molar-refractivity contribution >= 4 is 25.6 Å². The molecule has 0 radical (unpaired) electrons. The lowest BCUT2D eigenvalue weighted by molar-refractivity contribution is 0.0735. The topological polar surface area (TPSA) is 83.1 Å². The van der Waals surface area contributed by atoms with E-state index in [2.05, 4.69) is 10.2 Å². The summed E-state index contributed by atoms with van der Waals surface area (Å²) in [5.41, 5.74) is 0.295. The van der Waals surface area contributed by atoms with E-state index in [0.29, 0.717) is 24.6 Å². The number of nitrogens with zero attached hydrogens (tertiary/aromatic N) is 2. The van der Waals surface area contributed by atoms with E-state index in [9.17, 15) is 13.2 Å². The summed E-state index contributed by atoms with van der Waals surface area (Å²) in [6, 6.07) is 0. The monoisotopic (exact) mass is 333 g/mol. The van der Waals surface area contributed by atoms with Crippen molar-refractivity contribution in [2.75, 3.05) is 13.6 Å². The van der Waals surface area contributed by atoms with Gasteiger partial charge >= 0.3 is 0 Å². The number of aromatic amines is 1. The van der Waals surface area contributed by atoms with Gasteiger partial charge in [-0.15, -0.1) is 0 Å². The van der Waals surface area contributed by atoms with E-state index in [1.165, 1.54) is 11.3 Å². The smallest absolute Gasteiger partial charge is 0.275 e. The van der Waals surface area contributed by atoms with Gasteiger partial charge in [-0.05, 0) is 25.2 Å². The Morgan fingerprint density at radius 1 is 1.48 bits per heavy atom. The molecule has 1 saturated carbocycles. The molecule has 0 bridgehead atoms. The summed E-state index contributed by atoms with van der Waals surface area (Å²) in [4.78, 5) is 13.8. The first-order chi connectivity index (χ1) is 9.84. The van der Waals surface area contributed by atoms with E-state index in [4.69, 9.17) is 10.7 Å². The van der Waals surface area contributed by atoms with Gasteiger partial charge in [0.05, 0.1) is 5.69 Å². The van der Waals surface area contributed by atoms with Crippen molar-refractivity contribution in [3.63, 3.8) is 0 Å². The Morgan fingerprint density at radius 2 is 2.14 bits per heavy atom. The van der Waals surface area contributed by atoms with Gasteiger partial charge in [-0.3, -0.25) is 9.89 Å². The van der Waals surface area contributed by atoms with Crippen molar-refractivity contribution in [2.45, 2.75) is 43.9 Å². The number of carbonyl (C=O) groups excluding carboxylic acids is 1. The van der Waals surface area contributed by atoms with Gasteiger partial charge in [-0.1, -0.05) is 19.8 Å². The highest BCUT2D eigenvalue weighted by Gasteiger charge is 2.31. The first kappa shape index (κ1) is 16.3. The number of rotatable bonds is 6. The SMILES string of the molecule is CCCc1[nH]nc(C(=O)N(C)CC2CCC2)c1S(=O)(=O)Cl. The zero-order valence-corrected chi connectivity index (χ0v) is 13.8. The number of carbonyl (C=O) groups is 1. The lowest BCUT2D eigenvalue weighted by atomic mass is 9.85. The van der Waals surface area contributed by atoms with Gasteiger partial charge in [0.1, 0.15) is 4.90 Å². The van der Waals surface area contributed by atoms with Crippen LogP contribution in [0.2, 0.25) is 0 Å². The second-order valence-electron chi connectivity index (χ2n) is 5.55. The molecule has 0 aliphatic heterocycles. The Hall–Kier alpha value is -1.08. The number of hydrogen-bond acceptors (Lipinski definition) is 4. The van der Waals surface area contributed by atoms with Gasteiger partial charge in [-0.2, -0.15) is 5.10 Å². The molecule has 0 spiro atoms. The van der Waals surface area contributed by atoms with Crippen molar-refractivity contribution < 1.29 is 13.2 Å². The maximum Gasteiger partial charge on any atom is 0.275 e. The van der Waals surface area contributed by atoms with Crippen molar-refractivity contribution in [1.29, 1.82) is 0 Å². The largest absolute Gasteiger partial charge is 0.340 e. The van der Waals surface area contributed by atoms with Crippen LogP contribution >= 0.6 is 10.7 Å². The molecule has 21 heavy (non-hydrogen) atoms. The molecule has 1 amide bonds. The molecule has 1 heterocycles. The van der Waals surface area contributed by atoms with Crippen LogP contribution in [-0.2, 0) is 15.5 Å². The van der Waals surface area contributed by atoms with Crippen LogP contribution in [0.4, 0.5) is 0 Å². The van der Waals surface area contributed by atoms with Gasteiger partial charge < -0.3 is 4.90 Å². The van der Waals surface area contributed by atoms with Crippen molar-refractivity contribution in [1.82, 2.24) is 15.1 Å².